The van der Waals surface area contributed by atoms with Crippen LogP contribution in [-0.2, 0) is 6.54 Å². The third-order valence-corrected chi connectivity index (χ3v) is 6.37. The number of piperidine rings is 1. The van der Waals surface area contributed by atoms with Gasteiger partial charge in [0.2, 0.25) is 5.12 Å². The molecule has 0 aromatic heterocycles. The molecule has 1 fully saturated rings. The van der Waals surface area contributed by atoms with Gasteiger partial charge in [-0.3, -0.25) is 19.8 Å². The Hall–Kier alpha value is -2.41. The number of fused-ring (bicyclic) bond motifs is 1. The number of rotatable bonds is 5. The van der Waals surface area contributed by atoms with Crippen LogP contribution in [0.25, 0.3) is 10.8 Å². The fraction of sp³-hybridized carbons (Fsp3) is 0.261. The quantitative estimate of drug-likeness (QED) is 0.346. The third kappa shape index (κ3) is 5.01. The number of hydrogen-bond acceptors (Lipinski definition) is 5. The lowest BCUT2D eigenvalue weighted by atomic mass is 10.0. The topological polar surface area (TPSA) is 63.5 Å². The molecule has 4 rings (SSSR count). The van der Waals surface area contributed by atoms with Crippen molar-refractivity contribution in [2.45, 2.75) is 30.7 Å². The van der Waals surface area contributed by atoms with Gasteiger partial charge in [0.25, 0.3) is 5.69 Å². The maximum Gasteiger partial charge on any atom is 0.269 e. The summed E-state index contributed by atoms with van der Waals surface area (Å²) in [6.45, 7) is 3.00. The van der Waals surface area contributed by atoms with Crippen LogP contribution in [0.3, 0.4) is 0 Å². The first kappa shape index (κ1) is 22.3. The first-order chi connectivity index (χ1) is 14.1. The second-order valence-corrected chi connectivity index (χ2v) is 8.31. The number of likely N-dealkylation sites (tertiary alicyclic amines) is 1. The van der Waals surface area contributed by atoms with Gasteiger partial charge in [0.1, 0.15) is 0 Å². The number of benzene rings is 3. The predicted molar refractivity (Wildman–Crippen MR) is 116 cm³/mol. The molecule has 1 saturated heterocycles. The van der Waals surface area contributed by atoms with Gasteiger partial charge in [0.15, 0.2) is 0 Å². The molecule has 3 aromatic rings. The van der Waals surface area contributed by atoms with Crippen LogP contribution in [0.1, 0.15) is 35.2 Å². The van der Waals surface area contributed by atoms with Gasteiger partial charge >= 0.3 is 0 Å². The van der Waals surface area contributed by atoms with Crippen molar-refractivity contribution in [3.05, 3.63) is 81.9 Å². The Bertz CT molecular complexity index is 1050. The number of non-ortho nitro benzene ring substituents is 1. The molecule has 30 heavy (non-hydrogen) atoms. The number of nitro benzene ring substituents is 1. The highest BCUT2D eigenvalue weighted by Crippen LogP contribution is 2.33. The molecular formula is C23H22ClN2O3S-. The van der Waals surface area contributed by atoms with Crippen LogP contribution in [0.15, 0.2) is 65.6 Å². The van der Waals surface area contributed by atoms with Crippen molar-refractivity contribution >= 4 is 33.3 Å². The summed E-state index contributed by atoms with van der Waals surface area (Å²) in [6, 6.07) is 18.2. The maximum atomic E-state index is 12.9. The molecule has 0 spiro atoms. The molecule has 0 bridgehead atoms. The van der Waals surface area contributed by atoms with E-state index in [9.17, 15) is 14.9 Å². The molecule has 1 aliphatic heterocycles. The van der Waals surface area contributed by atoms with E-state index in [4.69, 9.17) is 0 Å². The number of thioether (sulfide) groups is 1. The van der Waals surface area contributed by atoms with E-state index in [2.05, 4.69) is 23.1 Å². The van der Waals surface area contributed by atoms with Gasteiger partial charge in [0.05, 0.1) is 4.92 Å². The molecule has 156 valence electrons. The number of hydrogen-bond donors (Lipinski definition) is 0. The van der Waals surface area contributed by atoms with Gasteiger partial charge < -0.3 is 12.4 Å². The van der Waals surface area contributed by atoms with Gasteiger partial charge in [-0.15, -0.1) is 0 Å². The standard InChI is InChI=1S/C23H22N2O3S.ClH/c26-23(18-8-11-19(12-9-18)25(27)28)29-22-13-10-17-6-2-3-7-20(17)21(22)16-24-14-4-1-5-15-24;/h2-3,6-13H,1,4-5,14-16H2;1H/p-1. The summed E-state index contributed by atoms with van der Waals surface area (Å²) >= 11 is 1.21. The summed E-state index contributed by atoms with van der Waals surface area (Å²) < 4.78 is 0. The van der Waals surface area contributed by atoms with Crippen molar-refractivity contribution < 1.29 is 22.1 Å². The van der Waals surface area contributed by atoms with E-state index in [0.29, 0.717) is 5.56 Å². The van der Waals surface area contributed by atoms with E-state index in [0.717, 1.165) is 24.5 Å². The van der Waals surface area contributed by atoms with Crippen LogP contribution in [-0.4, -0.2) is 28.0 Å². The van der Waals surface area contributed by atoms with Gasteiger partial charge in [0, 0.05) is 29.1 Å². The summed E-state index contributed by atoms with van der Waals surface area (Å²) in [4.78, 5) is 26.7. The lowest BCUT2D eigenvalue weighted by molar-refractivity contribution is -0.384. The normalized spacial score (nSPS) is 14.3. The Morgan fingerprint density at radius 1 is 0.967 bits per heavy atom. The summed E-state index contributed by atoms with van der Waals surface area (Å²) in [7, 11) is 0. The second-order valence-electron chi connectivity index (χ2n) is 7.29. The number of nitrogens with zero attached hydrogens (tertiary/aromatic N) is 2. The largest absolute Gasteiger partial charge is 1.00 e. The molecule has 0 amide bonds. The third-order valence-electron chi connectivity index (χ3n) is 5.34. The van der Waals surface area contributed by atoms with Crippen LogP contribution in [0, 0.1) is 10.1 Å². The minimum absolute atomic E-state index is 0. The van der Waals surface area contributed by atoms with Crippen LogP contribution in [0.4, 0.5) is 5.69 Å². The highest BCUT2D eigenvalue weighted by Gasteiger charge is 2.18. The van der Waals surface area contributed by atoms with Crippen molar-refractivity contribution in [1.29, 1.82) is 0 Å². The molecular weight excluding hydrogens is 420 g/mol. The van der Waals surface area contributed by atoms with Gasteiger partial charge in [-0.05, 0) is 72.2 Å². The Morgan fingerprint density at radius 3 is 2.37 bits per heavy atom. The predicted octanol–water partition coefficient (Wildman–Crippen LogP) is 2.67. The number of carbonyl (C=O) groups is 1. The van der Waals surface area contributed by atoms with Gasteiger partial charge in [-0.25, -0.2) is 0 Å². The first-order valence-corrected chi connectivity index (χ1v) is 10.6. The zero-order chi connectivity index (χ0) is 20.2. The fourth-order valence-corrected chi connectivity index (χ4v) is 4.68. The zero-order valence-corrected chi connectivity index (χ0v) is 18.0. The van der Waals surface area contributed by atoms with Crippen molar-refractivity contribution in [1.82, 2.24) is 4.90 Å². The Morgan fingerprint density at radius 2 is 1.67 bits per heavy atom. The summed E-state index contributed by atoms with van der Waals surface area (Å²) in [5.74, 6) is 0. The molecule has 0 saturated carbocycles. The monoisotopic (exact) mass is 441 g/mol. The van der Waals surface area contributed by atoms with E-state index in [-0.39, 0.29) is 23.2 Å². The van der Waals surface area contributed by atoms with Crippen molar-refractivity contribution in [3.8, 4) is 0 Å². The zero-order valence-electron chi connectivity index (χ0n) is 16.4. The van der Waals surface area contributed by atoms with Crippen molar-refractivity contribution in [3.63, 3.8) is 0 Å². The first-order valence-electron chi connectivity index (χ1n) is 9.81. The molecule has 1 heterocycles. The van der Waals surface area contributed by atoms with Gasteiger partial charge in [-0.1, -0.05) is 36.8 Å². The maximum absolute atomic E-state index is 12.9. The Labute approximate surface area is 186 Å². The summed E-state index contributed by atoms with van der Waals surface area (Å²) in [5, 5.41) is 13.1. The molecule has 5 nitrogen and oxygen atoms in total. The Balaban J connectivity index is 0.00000256. The highest BCUT2D eigenvalue weighted by molar-refractivity contribution is 8.14. The van der Waals surface area contributed by atoms with Crippen LogP contribution >= 0.6 is 11.8 Å². The minimum atomic E-state index is -0.457. The molecule has 0 atom stereocenters. The number of carbonyl (C=O) groups excluding carboxylic acids is 1. The van der Waals surface area contributed by atoms with E-state index < -0.39 is 4.92 Å². The van der Waals surface area contributed by atoms with E-state index in [1.807, 2.05) is 18.2 Å². The molecule has 0 N–H and O–H groups in total. The van der Waals surface area contributed by atoms with Crippen LogP contribution < -0.4 is 12.4 Å². The van der Waals surface area contributed by atoms with Gasteiger partial charge in [-0.2, -0.15) is 0 Å². The molecule has 0 unspecified atom stereocenters. The van der Waals surface area contributed by atoms with E-state index in [1.54, 1.807) is 0 Å². The van der Waals surface area contributed by atoms with E-state index in [1.165, 1.54) is 71.6 Å². The van der Waals surface area contributed by atoms with E-state index >= 15 is 0 Å². The SMILES string of the molecule is O=C(Sc1ccc2ccccc2c1CN1CCCCC1)c1ccc([N+](=O)[O-])cc1.[Cl-]. The van der Waals surface area contributed by atoms with Crippen LogP contribution in [0.5, 0.6) is 0 Å². The summed E-state index contributed by atoms with van der Waals surface area (Å²) in [6.07, 6.45) is 3.72. The molecule has 0 aliphatic carbocycles. The molecule has 3 aromatic carbocycles. The number of halogens is 1. The average molecular weight is 442 g/mol. The minimum Gasteiger partial charge on any atom is -1.00 e. The number of nitro groups is 1. The molecule has 7 heteroatoms. The fourth-order valence-electron chi connectivity index (χ4n) is 3.79. The highest BCUT2D eigenvalue weighted by atomic mass is 35.5. The van der Waals surface area contributed by atoms with Crippen LogP contribution in [0.2, 0.25) is 0 Å². The molecule has 0 radical (unpaired) electrons. The van der Waals surface area contributed by atoms with Crippen molar-refractivity contribution in [2.24, 2.45) is 0 Å². The lowest BCUT2D eigenvalue weighted by Crippen LogP contribution is -3.00. The lowest BCUT2D eigenvalue weighted by Gasteiger charge is -2.27. The summed E-state index contributed by atoms with van der Waals surface area (Å²) in [5.41, 5.74) is 1.64. The second kappa shape index (κ2) is 10.1. The smallest absolute Gasteiger partial charge is 0.269 e. The Kier molecular flexibility index (Phi) is 7.48. The van der Waals surface area contributed by atoms with Crippen molar-refractivity contribution in [2.75, 3.05) is 13.1 Å². The molecule has 1 aliphatic rings. The average Bonchev–Trinajstić information content (AvgIpc) is 2.76.